The van der Waals surface area contributed by atoms with Gasteiger partial charge in [0.25, 0.3) is 0 Å². The molecule has 2 atom stereocenters. The van der Waals surface area contributed by atoms with Gasteiger partial charge in [0.2, 0.25) is 17.7 Å². The Labute approximate surface area is 193 Å². The van der Waals surface area contributed by atoms with E-state index in [4.69, 9.17) is 4.74 Å². The van der Waals surface area contributed by atoms with Crippen molar-refractivity contribution in [2.75, 3.05) is 13.7 Å². The van der Waals surface area contributed by atoms with Gasteiger partial charge >= 0.3 is 0 Å². The normalized spacial score (nSPS) is 18.0. The lowest BCUT2D eigenvalue weighted by molar-refractivity contribution is -0.144. The zero-order valence-corrected chi connectivity index (χ0v) is 19.0. The van der Waals surface area contributed by atoms with E-state index in [1.165, 1.54) is 24.3 Å². The van der Waals surface area contributed by atoms with Crippen LogP contribution in [0.1, 0.15) is 49.8 Å². The summed E-state index contributed by atoms with van der Waals surface area (Å²) in [6.45, 7) is 2.59. The Balaban J connectivity index is 1.76. The topological polar surface area (TPSA) is 87.7 Å². The van der Waals surface area contributed by atoms with E-state index in [1.807, 2.05) is 31.2 Å². The van der Waals surface area contributed by atoms with Gasteiger partial charge in [-0.15, -0.1) is 0 Å². The number of hydrogen-bond acceptors (Lipinski definition) is 4. The summed E-state index contributed by atoms with van der Waals surface area (Å²) in [5, 5.41) is 0. The summed E-state index contributed by atoms with van der Waals surface area (Å²) in [5.74, 6) is -1.11. The number of nitrogens with one attached hydrogen (secondary N) is 2. The maximum Gasteiger partial charge on any atom is 0.243 e. The molecule has 0 aromatic heterocycles. The Kier molecular flexibility index (Phi) is 8.40. The second-order valence-electron chi connectivity index (χ2n) is 8.11. The first-order valence-corrected chi connectivity index (χ1v) is 11.2. The molecule has 1 aliphatic heterocycles. The van der Waals surface area contributed by atoms with Crippen molar-refractivity contribution in [3.63, 3.8) is 0 Å². The molecular weight excluding hydrogens is 425 g/mol. The third kappa shape index (κ3) is 6.09. The minimum Gasteiger partial charge on any atom is -0.496 e. The fourth-order valence-electron chi connectivity index (χ4n) is 4.17. The lowest BCUT2D eigenvalue weighted by atomic mass is 9.83. The van der Waals surface area contributed by atoms with E-state index in [2.05, 4.69) is 10.9 Å². The van der Waals surface area contributed by atoms with Crippen molar-refractivity contribution in [2.24, 2.45) is 5.92 Å². The van der Waals surface area contributed by atoms with E-state index in [9.17, 15) is 18.8 Å². The molecule has 33 heavy (non-hydrogen) atoms. The van der Waals surface area contributed by atoms with Gasteiger partial charge in [0.05, 0.1) is 25.5 Å². The molecule has 176 valence electrons. The number of amides is 3. The number of hydrazine groups is 1. The van der Waals surface area contributed by atoms with Crippen LogP contribution in [0.2, 0.25) is 0 Å². The van der Waals surface area contributed by atoms with E-state index >= 15 is 0 Å². The summed E-state index contributed by atoms with van der Waals surface area (Å²) in [6.07, 6.45) is 2.36. The smallest absolute Gasteiger partial charge is 0.243 e. The molecule has 8 heteroatoms. The fourth-order valence-corrected chi connectivity index (χ4v) is 4.17. The van der Waals surface area contributed by atoms with Crippen molar-refractivity contribution in [1.82, 2.24) is 15.8 Å². The van der Waals surface area contributed by atoms with Gasteiger partial charge in [0.15, 0.2) is 0 Å². The first kappa shape index (κ1) is 24.2. The summed E-state index contributed by atoms with van der Waals surface area (Å²) in [4.78, 5) is 40.0. The van der Waals surface area contributed by atoms with Gasteiger partial charge in [-0.25, -0.2) is 4.39 Å². The van der Waals surface area contributed by atoms with Crippen molar-refractivity contribution < 1.29 is 23.5 Å². The first-order valence-electron chi connectivity index (χ1n) is 11.2. The number of piperidine rings is 1. The van der Waals surface area contributed by atoms with Crippen molar-refractivity contribution in [3.8, 4) is 5.75 Å². The highest BCUT2D eigenvalue weighted by atomic mass is 19.1. The van der Waals surface area contributed by atoms with Crippen LogP contribution in [0.5, 0.6) is 5.75 Å². The average molecular weight is 456 g/mol. The SMILES string of the molecule is CCCCN1C(=O)CCC(C(=O)NNC(=O)Cc2ccc(F)cc2)C1c1ccccc1OC. The number of halogens is 1. The Morgan fingerprint density at radius 2 is 1.85 bits per heavy atom. The Hall–Kier alpha value is -3.42. The number of nitrogens with zero attached hydrogens (tertiary/aromatic N) is 1. The summed E-state index contributed by atoms with van der Waals surface area (Å²) >= 11 is 0. The number of rotatable bonds is 8. The molecule has 2 N–H and O–H groups in total. The van der Waals surface area contributed by atoms with Gasteiger partial charge < -0.3 is 9.64 Å². The second-order valence-corrected chi connectivity index (χ2v) is 8.11. The van der Waals surface area contributed by atoms with Crippen molar-refractivity contribution in [3.05, 3.63) is 65.5 Å². The maximum atomic E-state index is 13.2. The average Bonchev–Trinajstić information content (AvgIpc) is 2.83. The Morgan fingerprint density at radius 1 is 1.12 bits per heavy atom. The molecule has 2 unspecified atom stereocenters. The number of para-hydroxylation sites is 1. The van der Waals surface area contributed by atoms with Crippen molar-refractivity contribution >= 4 is 17.7 Å². The summed E-state index contributed by atoms with van der Waals surface area (Å²) in [6, 6.07) is 12.5. The van der Waals surface area contributed by atoms with Crippen LogP contribution < -0.4 is 15.6 Å². The highest BCUT2D eigenvalue weighted by Crippen LogP contribution is 2.40. The Bertz CT molecular complexity index is 980. The molecule has 0 saturated carbocycles. The fraction of sp³-hybridized carbons (Fsp3) is 0.400. The van der Waals surface area contributed by atoms with Crippen LogP contribution in [0.15, 0.2) is 48.5 Å². The second kappa shape index (κ2) is 11.4. The molecule has 1 heterocycles. The number of hydrogen-bond donors (Lipinski definition) is 2. The van der Waals surface area contributed by atoms with Gasteiger partial charge in [-0.05, 0) is 36.6 Å². The van der Waals surface area contributed by atoms with Crippen LogP contribution >= 0.6 is 0 Å². The number of carbonyl (C=O) groups excluding carboxylic acids is 3. The van der Waals surface area contributed by atoms with Gasteiger partial charge in [-0.2, -0.15) is 0 Å². The monoisotopic (exact) mass is 455 g/mol. The lowest BCUT2D eigenvalue weighted by Gasteiger charge is -2.41. The molecule has 0 bridgehead atoms. The summed E-state index contributed by atoms with van der Waals surface area (Å²) < 4.78 is 18.6. The van der Waals surface area contributed by atoms with Crippen LogP contribution in [0.25, 0.3) is 0 Å². The zero-order chi connectivity index (χ0) is 23.8. The van der Waals surface area contributed by atoms with E-state index in [0.717, 1.165) is 18.4 Å². The van der Waals surface area contributed by atoms with E-state index < -0.39 is 17.9 Å². The minimum absolute atomic E-state index is 0.00226. The standard InChI is InChI=1S/C25H30FN3O4/c1-3-4-15-29-23(31)14-13-20(24(29)19-7-5-6-8-21(19)33-2)25(32)28-27-22(30)16-17-9-11-18(26)12-10-17/h5-12,20,24H,3-4,13-16H2,1-2H3,(H,27,30)(H,28,32). The molecule has 2 aromatic rings. The van der Waals surface area contributed by atoms with E-state index in [0.29, 0.717) is 24.3 Å². The third-order valence-electron chi connectivity index (χ3n) is 5.86. The third-order valence-corrected chi connectivity index (χ3v) is 5.86. The molecule has 0 radical (unpaired) electrons. The van der Waals surface area contributed by atoms with Crippen LogP contribution in [0, 0.1) is 11.7 Å². The molecule has 3 rings (SSSR count). The molecule has 0 aliphatic carbocycles. The van der Waals surface area contributed by atoms with Crippen LogP contribution in [0.3, 0.4) is 0 Å². The minimum atomic E-state index is -0.554. The molecule has 7 nitrogen and oxygen atoms in total. The lowest BCUT2D eigenvalue weighted by Crippen LogP contribution is -2.52. The number of methoxy groups -OCH3 is 1. The van der Waals surface area contributed by atoms with Gasteiger partial charge in [-0.1, -0.05) is 43.7 Å². The quantitative estimate of drug-likeness (QED) is 0.598. The van der Waals surface area contributed by atoms with Crippen LogP contribution in [-0.2, 0) is 20.8 Å². The van der Waals surface area contributed by atoms with Crippen LogP contribution in [0.4, 0.5) is 4.39 Å². The maximum absolute atomic E-state index is 13.2. The highest BCUT2D eigenvalue weighted by molar-refractivity contribution is 5.87. The van der Waals surface area contributed by atoms with E-state index in [1.54, 1.807) is 12.0 Å². The first-order chi connectivity index (χ1) is 15.9. The predicted octanol–water partition coefficient (Wildman–Crippen LogP) is 3.30. The Morgan fingerprint density at radius 3 is 2.55 bits per heavy atom. The van der Waals surface area contributed by atoms with Crippen molar-refractivity contribution in [1.29, 1.82) is 0 Å². The van der Waals surface area contributed by atoms with Gasteiger partial charge in [0, 0.05) is 18.5 Å². The zero-order valence-electron chi connectivity index (χ0n) is 19.0. The summed E-state index contributed by atoms with van der Waals surface area (Å²) in [5.41, 5.74) is 6.36. The van der Waals surface area contributed by atoms with Gasteiger partial charge in [0.1, 0.15) is 11.6 Å². The molecule has 0 spiro atoms. The molecule has 1 aliphatic rings. The number of ether oxygens (including phenoxy) is 1. The van der Waals surface area contributed by atoms with E-state index in [-0.39, 0.29) is 30.5 Å². The number of likely N-dealkylation sites (tertiary alicyclic amines) is 1. The molecule has 1 saturated heterocycles. The number of unbranched alkanes of at least 4 members (excludes halogenated alkanes) is 1. The van der Waals surface area contributed by atoms with Gasteiger partial charge in [-0.3, -0.25) is 25.2 Å². The van der Waals surface area contributed by atoms with Crippen molar-refractivity contribution in [2.45, 2.75) is 45.1 Å². The predicted molar refractivity (Wildman–Crippen MR) is 121 cm³/mol. The molecule has 1 fully saturated rings. The number of benzene rings is 2. The molecule has 2 aromatic carbocycles. The molecular formula is C25H30FN3O4. The highest BCUT2D eigenvalue weighted by Gasteiger charge is 2.41. The van der Waals surface area contributed by atoms with Crippen LogP contribution in [-0.4, -0.2) is 36.3 Å². The largest absolute Gasteiger partial charge is 0.496 e. The summed E-state index contributed by atoms with van der Waals surface area (Å²) in [7, 11) is 1.56. The number of carbonyl (C=O) groups is 3. The molecule has 3 amide bonds.